The second-order valence-electron chi connectivity index (χ2n) is 8.33. The van der Waals surface area contributed by atoms with Gasteiger partial charge in [0.05, 0.1) is 22.3 Å². The number of hydrogen-bond donors (Lipinski definition) is 2. The third-order valence-corrected chi connectivity index (χ3v) is 6.35. The molecule has 0 unspecified atom stereocenters. The number of benzene rings is 2. The van der Waals surface area contributed by atoms with Gasteiger partial charge in [0.1, 0.15) is 5.75 Å². The monoisotopic (exact) mass is 492 g/mol. The van der Waals surface area contributed by atoms with Gasteiger partial charge < -0.3 is 10.0 Å². The molecule has 0 radical (unpaired) electrons. The summed E-state index contributed by atoms with van der Waals surface area (Å²) >= 11 is 12.3. The number of aromatic nitrogens is 3. The summed E-state index contributed by atoms with van der Waals surface area (Å²) in [7, 11) is 0. The smallest absolute Gasteiger partial charge is 0.254 e. The molecule has 8 heteroatoms. The lowest BCUT2D eigenvalue weighted by molar-refractivity contribution is 0.0726. The van der Waals surface area contributed by atoms with Crippen LogP contribution in [0, 0.1) is 0 Å². The lowest BCUT2D eigenvalue weighted by atomic mass is 10.0. The molecular formula is C26H22Cl2N4O2. The van der Waals surface area contributed by atoms with Crippen molar-refractivity contribution < 1.29 is 9.90 Å². The molecule has 0 bridgehead atoms. The van der Waals surface area contributed by atoms with E-state index < -0.39 is 0 Å². The van der Waals surface area contributed by atoms with Crippen LogP contribution in [0.15, 0.2) is 48.5 Å². The SMILES string of the molecule is O=C(c1cc(-c2ccc(O)cc2)nc2n[nH]c(/C=C/c3cc(Cl)cc(Cl)c3)c12)N1CCCCC1. The van der Waals surface area contributed by atoms with Crippen LogP contribution in [0.2, 0.25) is 10.0 Å². The molecule has 3 heterocycles. The maximum atomic E-state index is 13.6. The molecule has 34 heavy (non-hydrogen) atoms. The number of likely N-dealkylation sites (tertiary alicyclic amines) is 1. The van der Waals surface area contributed by atoms with Crippen LogP contribution in [0.4, 0.5) is 0 Å². The third kappa shape index (κ3) is 4.65. The summed E-state index contributed by atoms with van der Waals surface area (Å²) in [6.45, 7) is 1.47. The Balaban J connectivity index is 1.62. The molecule has 0 aliphatic carbocycles. The normalized spacial score (nSPS) is 14.2. The Labute approximate surface area is 206 Å². The summed E-state index contributed by atoms with van der Waals surface area (Å²) in [5.74, 6) is 0.136. The van der Waals surface area contributed by atoms with Gasteiger partial charge in [-0.05, 0) is 79.4 Å². The summed E-state index contributed by atoms with van der Waals surface area (Å²) in [6.07, 6.45) is 6.85. The summed E-state index contributed by atoms with van der Waals surface area (Å²) < 4.78 is 0. The van der Waals surface area contributed by atoms with Crippen molar-refractivity contribution >= 4 is 52.3 Å². The fourth-order valence-corrected chi connectivity index (χ4v) is 4.78. The number of pyridine rings is 1. The zero-order valence-corrected chi connectivity index (χ0v) is 19.8. The number of hydrogen-bond acceptors (Lipinski definition) is 4. The van der Waals surface area contributed by atoms with Crippen LogP contribution in [0.5, 0.6) is 5.75 Å². The van der Waals surface area contributed by atoms with Crippen molar-refractivity contribution in [2.45, 2.75) is 19.3 Å². The highest BCUT2D eigenvalue weighted by molar-refractivity contribution is 6.34. The molecule has 2 aromatic carbocycles. The van der Waals surface area contributed by atoms with Crippen molar-refractivity contribution in [1.29, 1.82) is 0 Å². The average molecular weight is 493 g/mol. The highest BCUT2D eigenvalue weighted by Gasteiger charge is 2.24. The fourth-order valence-electron chi connectivity index (χ4n) is 4.23. The van der Waals surface area contributed by atoms with Crippen molar-refractivity contribution in [3.05, 3.63) is 75.4 Å². The lowest BCUT2D eigenvalue weighted by Gasteiger charge is -2.27. The van der Waals surface area contributed by atoms with E-state index in [1.807, 2.05) is 35.3 Å². The van der Waals surface area contributed by atoms with Gasteiger partial charge in [0.25, 0.3) is 5.91 Å². The van der Waals surface area contributed by atoms with Crippen molar-refractivity contribution in [3.8, 4) is 17.0 Å². The Hall–Kier alpha value is -3.35. The van der Waals surface area contributed by atoms with E-state index in [1.165, 1.54) is 0 Å². The van der Waals surface area contributed by atoms with Gasteiger partial charge in [-0.2, -0.15) is 5.10 Å². The minimum absolute atomic E-state index is 0.0334. The Morgan fingerprint density at radius 1 is 0.971 bits per heavy atom. The fraction of sp³-hybridized carbons (Fsp3) is 0.192. The number of amides is 1. The number of H-pyrrole nitrogens is 1. The summed E-state index contributed by atoms with van der Waals surface area (Å²) in [6, 6.07) is 13.9. The van der Waals surface area contributed by atoms with Crippen LogP contribution in [0.25, 0.3) is 34.4 Å². The Morgan fingerprint density at radius 3 is 2.38 bits per heavy atom. The molecule has 172 valence electrons. The molecule has 1 saturated heterocycles. The number of phenolic OH excluding ortho intramolecular Hbond substituents is 1. The molecule has 2 N–H and O–H groups in total. The van der Waals surface area contributed by atoms with Gasteiger partial charge in [-0.25, -0.2) is 4.98 Å². The predicted octanol–water partition coefficient (Wildman–Crippen LogP) is 6.43. The van der Waals surface area contributed by atoms with Crippen LogP contribution >= 0.6 is 23.2 Å². The van der Waals surface area contributed by atoms with E-state index in [0.29, 0.717) is 38.0 Å². The molecule has 1 fully saturated rings. The number of nitrogens with one attached hydrogen (secondary N) is 1. The van der Waals surface area contributed by atoms with Crippen LogP contribution in [-0.4, -0.2) is 44.2 Å². The number of halogens is 2. The van der Waals surface area contributed by atoms with Crippen LogP contribution in [0.1, 0.15) is 40.9 Å². The van der Waals surface area contributed by atoms with E-state index in [-0.39, 0.29) is 11.7 Å². The van der Waals surface area contributed by atoms with Gasteiger partial charge in [-0.3, -0.25) is 9.89 Å². The summed E-state index contributed by atoms with van der Waals surface area (Å²) in [5, 5.41) is 18.8. The molecule has 1 aliphatic rings. The van der Waals surface area contributed by atoms with Crippen molar-refractivity contribution in [2.75, 3.05) is 13.1 Å². The highest BCUT2D eigenvalue weighted by atomic mass is 35.5. The lowest BCUT2D eigenvalue weighted by Crippen LogP contribution is -2.35. The third-order valence-electron chi connectivity index (χ3n) is 5.92. The zero-order chi connectivity index (χ0) is 23.7. The Bertz CT molecular complexity index is 1370. The number of rotatable bonds is 4. The van der Waals surface area contributed by atoms with Gasteiger partial charge >= 0.3 is 0 Å². The van der Waals surface area contributed by atoms with E-state index in [4.69, 9.17) is 28.2 Å². The molecular weight excluding hydrogens is 471 g/mol. The van der Waals surface area contributed by atoms with Crippen LogP contribution in [0.3, 0.4) is 0 Å². The Kier molecular flexibility index (Phi) is 6.26. The van der Waals surface area contributed by atoms with Gasteiger partial charge in [0.15, 0.2) is 5.65 Å². The van der Waals surface area contributed by atoms with Crippen molar-refractivity contribution in [1.82, 2.24) is 20.1 Å². The van der Waals surface area contributed by atoms with Gasteiger partial charge in [0, 0.05) is 28.7 Å². The molecule has 4 aromatic rings. The van der Waals surface area contributed by atoms with E-state index in [2.05, 4.69) is 10.2 Å². The second-order valence-corrected chi connectivity index (χ2v) is 9.20. The van der Waals surface area contributed by atoms with Gasteiger partial charge in [-0.1, -0.05) is 29.3 Å². The van der Waals surface area contributed by atoms with Gasteiger partial charge in [-0.15, -0.1) is 0 Å². The number of piperidine rings is 1. The first-order valence-electron chi connectivity index (χ1n) is 11.1. The molecule has 0 atom stereocenters. The number of phenols is 1. The van der Waals surface area contributed by atoms with Crippen LogP contribution in [-0.2, 0) is 0 Å². The number of fused-ring (bicyclic) bond motifs is 1. The first-order chi connectivity index (χ1) is 16.5. The van der Waals surface area contributed by atoms with E-state index in [0.717, 1.165) is 43.5 Å². The number of aromatic amines is 1. The standard InChI is InChI=1S/C26H22Cl2N4O2/c27-18-12-16(13-19(28)14-18)4-9-22-24-21(26(34)32-10-2-1-3-11-32)15-23(29-25(24)31-30-22)17-5-7-20(33)8-6-17/h4-9,12-15,33H,1-3,10-11H2,(H,29,30,31)/b9-4+. The number of aromatic hydroxyl groups is 1. The highest BCUT2D eigenvalue weighted by Crippen LogP contribution is 2.30. The predicted molar refractivity (Wildman–Crippen MR) is 136 cm³/mol. The van der Waals surface area contributed by atoms with E-state index in [1.54, 1.807) is 30.3 Å². The maximum Gasteiger partial charge on any atom is 0.254 e. The topological polar surface area (TPSA) is 82.1 Å². The molecule has 6 nitrogen and oxygen atoms in total. The first kappa shape index (κ1) is 22.4. The minimum Gasteiger partial charge on any atom is -0.508 e. The first-order valence-corrected chi connectivity index (χ1v) is 11.9. The summed E-state index contributed by atoms with van der Waals surface area (Å²) in [5.41, 5.74) is 3.92. The number of carbonyl (C=O) groups is 1. The average Bonchev–Trinajstić information content (AvgIpc) is 3.25. The van der Waals surface area contributed by atoms with Crippen molar-refractivity contribution in [3.63, 3.8) is 0 Å². The molecule has 1 aliphatic heterocycles. The van der Waals surface area contributed by atoms with E-state index in [9.17, 15) is 9.90 Å². The number of nitrogens with zero attached hydrogens (tertiary/aromatic N) is 3. The maximum absolute atomic E-state index is 13.6. The van der Waals surface area contributed by atoms with Gasteiger partial charge in [0.2, 0.25) is 0 Å². The summed E-state index contributed by atoms with van der Waals surface area (Å²) in [4.78, 5) is 20.2. The molecule has 5 rings (SSSR count). The number of carbonyl (C=O) groups excluding carboxylic acids is 1. The molecule has 0 saturated carbocycles. The molecule has 2 aromatic heterocycles. The van der Waals surface area contributed by atoms with E-state index >= 15 is 0 Å². The molecule has 0 spiro atoms. The minimum atomic E-state index is -0.0334. The second kappa shape index (κ2) is 9.49. The van der Waals surface area contributed by atoms with Crippen molar-refractivity contribution in [2.24, 2.45) is 0 Å². The largest absolute Gasteiger partial charge is 0.508 e. The Morgan fingerprint density at radius 2 is 1.68 bits per heavy atom. The molecule has 1 amide bonds. The quantitative estimate of drug-likeness (QED) is 0.343. The van der Waals surface area contributed by atoms with Crippen LogP contribution < -0.4 is 0 Å². The zero-order valence-electron chi connectivity index (χ0n) is 18.3.